The van der Waals surface area contributed by atoms with Gasteiger partial charge >= 0.3 is 5.69 Å². The number of hydrogen-bond donors (Lipinski definition) is 3. The minimum atomic E-state index is -0.879. The molecule has 0 spiro atoms. The van der Waals surface area contributed by atoms with E-state index in [1.54, 1.807) is 5.41 Å². The maximum atomic E-state index is 11.7. The summed E-state index contributed by atoms with van der Waals surface area (Å²) in [5.41, 5.74) is -1.23. The Morgan fingerprint density at radius 3 is 2.95 bits per heavy atom. The number of aromatic nitrogens is 3. The minimum absolute atomic E-state index is 0.0736. The zero-order valence-electron chi connectivity index (χ0n) is 10.7. The molecule has 2 rings (SSSR count). The molecule has 2 heterocycles. The molecule has 0 aromatic carbocycles. The van der Waals surface area contributed by atoms with Crippen LogP contribution in [0.4, 0.5) is 0 Å². The van der Waals surface area contributed by atoms with Crippen molar-refractivity contribution in [3.63, 3.8) is 0 Å². The second-order valence-corrected chi connectivity index (χ2v) is 4.99. The molecule has 0 saturated carbocycles. The fraction of sp³-hybridized carbons (Fsp3) is 0.545. The van der Waals surface area contributed by atoms with E-state index in [9.17, 15) is 14.7 Å². The Kier molecular flexibility index (Phi) is 4.76. The van der Waals surface area contributed by atoms with Gasteiger partial charge in [-0.2, -0.15) is 9.78 Å². The first kappa shape index (κ1) is 15.0. The molecular weight excluding hydrogens is 286 g/mol. The number of nitrogens with one attached hydrogen (secondary N) is 1. The van der Waals surface area contributed by atoms with Gasteiger partial charge in [-0.1, -0.05) is 0 Å². The molecule has 0 aliphatic carbocycles. The molecule has 3 atom stereocenters. The summed E-state index contributed by atoms with van der Waals surface area (Å²) in [5, 5.41) is 24.3. The van der Waals surface area contributed by atoms with Crippen LogP contribution in [-0.2, 0) is 4.74 Å². The average molecular weight is 301 g/mol. The maximum absolute atomic E-state index is 11.7. The molecular formula is C11H15N3O5S. The number of H-pyrrole nitrogens is 1. The second-order valence-electron chi connectivity index (χ2n) is 4.24. The zero-order chi connectivity index (χ0) is 14.7. The Labute approximate surface area is 118 Å². The van der Waals surface area contributed by atoms with E-state index in [2.05, 4.69) is 10.1 Å². The van der Waals surface area contributed by atoms with Gasteiger partial charge in [0.25, 0.3) is 5.56 Å². The standard InChI is InChI=1S/C11H15N3O5S/c1-20-3-2-6-10(17)12-11(18)14(13-6)9-4-7(16)8(5-15)19-9/h2-3,7-9,15-16H,4-5H2,1H3,(H,12,17,18)/b3-2+/t7-,8+,9+/m0/s1. The summed E-state index contributed by atoms with van der Waals surface area (Å²) in [7, 11) is 0. The fourth-order valence-electron chi connectivity index (χ4n) is 1.89. The number of aliphatic hydroxyl groups is 2. The van der Waals surface area contributed by atoms with Gasteiger partial charge in [-0.15, -0.1) is 11.8 Å². The molecule has 1 aromatic heterocycles. The molecule has 20 heavy (non-hydrogen) atoms. The van der Waals surface area contributed by atoms with E-state index in [-0.39, 0.29) is 18.7 Å². The van der Waals surface area contributed by atoms with Crippen LogP contribution in [0, 0.1) is 0 Å². The molecule has 0 amide bonds. The van der Waals surface area contributed by atoms with Crippen LogP contribution >= 0.6 is 11.8 Å². The number of aromatic amines is 1. The SMILES string of the molecule is CS/C=C/c1nn([C@H]2C[C@H](O)[C@@H](CO)O2)c(=O)[nH]c1=O. The van der Waals surface area contributed by atoms with Crippen LogP contribution in [0.5, 0.6) is 0 Å². The first-order chi connectivity index (χ1) is 9.56. The smallest absolute Gasteiger partial charge is 0.347 e. The third-order valence-corrected chi connectivity index (χ3v) is 3.30. The highest BCUT2D eigenvalue weighted by Gasteiger charge is 2.35. The van der Waals surface area contributed by atoms with Gasteiger partial charge in [-0.25, -0.2) is 4.79 Å². The summed E-state index contributed by atoms with van der Waals surface area (Å²) < 4.78 is 6.31. The van der Waals surface area contributed by atoms with E-state index in [0.29, 0.717) is 0 Å². The third-order valence-electron chi connectivity index (χ3n) is 2.90. The highest BCUT2D eigenvalue weighted by Crippen LogP contribution is 2.26. The van der Waals surface area contributed by atoms with Crippen LogP contribution in [0.2, 0.25) is 0 Å². The van der Waals surface area contributed by atoms with Gasteiger partial charge in [0.15, 0.2) is 6.23 Å². The molecule has 1 fully saturated rings. The number of ether oxygens (including phenoxy) is 1. The highest BCUT2D eigenvalue weighted by atomic mass is 32.2. The molecule has 1 aromatic rings. The normalized spacial score (nSPS) is 26.4. The number of nitrogens with zero attached hydrogens (tertiary/aromatic N) is 2. The van der Waals surface area contributed by atoms with Crippen molar-refractivity contribution in [1.29, 1.82) is 0 Å². The van der Waals surface area contributed by atoms with E-state index < -0.39 is 29.7 Å². The molecule has 1 aliphatic rings. The van der Waals surface area contributed by atoms with Gasteiger partial charge in [0.1, 0.15) is 11.8 Å². The minimum Gasteiger partial charge on any atom is -0.394 e. The van der Waals surface area contributed by atoms with E-state index in [1.807, 2.05) is 6.26 Å². The predicted octanol–water partition coefficient (Wildman–Crippen LogP) is -1.09. The van der Waals surface area contributed by atoms with Gasteiger partial charge in [-0.05, 0) is 17.7 Å². The van der Waals surface area contributed by atoms with Crippen LogP contribution in [0.3, 0.4) is 0 Å². The van der Waals surface area contributed by atoms with Crippen molar-refractivity contribution in [2.24, 2.45) is 0 Å². The van der Waals surface area contributed by atoms with Gasteiger partial charge in [-0.3, -0.25) is 9.78 Å². The largest absolute Gasteiger partial charge is 0.394 e. The molecule has 1 aliphatic heterocycles. The van der Waals surface area contributed by atoms with Crippen molar-refractivity contribution in [3.05, 3.63) is 31.9 Å². The van der Waals surface area contributed by atoms with E-state index in [1.165, 1.54) is 17.8 Å². The molecule has 0 bridgehead atoms. The van der Waals surface area contributed by atoms with Crippen LogP contribution in [0.25, 0.3) is 6.08 Å². The van der Waals surface area contributed by atoms with Crippen molar-refractivity contribution in [3.8, 4) is 0 Å². The summed E-state index contributed by atoms with van der Waals surface area (Å²) in [6.07, 6.45) is 0.974. The lowest BCUT2D eigenvalue weighted by atomic mass is 10.2. The van der Waals surface area contributed by atoms with Crippen molar-refractivity contribution >= 4 is 17.8 Å². The Hall–Kier alpha value is -1.42. The highest BCUT2D eigenvalue weighted by molar-refractivity contribution is 8.01. The second kappa shape index (κ2) is 6.35. The Balaban J connectivity index is 2.35. The lowest BCUT2D eigenvalue weighted by Crippen LogP contribution is -2.36. The van der Waals surface area contributed by atoms with Crippen LogP contribution < -0.4 is 11.2 Å². The zero-order valence-corrected chi connectivity index (χ0v) is 11.5. The lowest BCUT2D eigenvalue weighted by Gasteiger charge is -2.13. The summed E-state index contributed by atoms with van der Waals surface area (Å²) in [5.74, 6) is 0. The maximum Gasteiger partial charge on any atom is 0.347 e. The van der Waals surface area contributed by atoms with Crippen molar-refractivity contribution in [2.75, 3.05) is 12.9 Å². The van der Waals surface area contributed by atoms with Crippen molar-refractivity contribution in [1.82, 2.24) is 14.8 Å². The number of rotatable bonds is 4. The molecule has 110 valence electrons. The molecule has 0 radical (unpaired) electrons. The van der Waals surface area contributed by atoms with Crippen LogP contribution in [-0.4, -0.2) is 50.0 Å². The van der Waals surface area contributed by atoms with Crippen molar-refractivity contribution in [2.45, 2.75) is 24.9 Å². The molecule has 8 nitrogen and oxygen atoms in total. The molecule has 0 unspecified atom stereocenters. The van der Waals surface area contributed by atoms with Crippen molar-refractivity contribution < 1.29 is 14.9 Å². The first-order valence-electron chi connectivity index (χ1n) is 5.93. The molecule has 9 heteroatoms. The molecule has 3 N–H and O–H groups in total. The summed E-state index contributed by atoms with van der Waals surface area (Å²) in [6.45, 7) is -0.352. The summed E-state index contributed by atoms with van der Waals surface area (Å²) in [6, 6.07) is 0. The Morgan fingerprint density at radius 2 is 2.35 bits per heavy atom. The predicted molar refractivity (Wildman–Crippen MR) is 73.3 cm³/mol. The third kappa shape index (κ3) is 3.01. The van der Waals surface area contributed by atoms with Crippen LogP contribution in [0.1, 0.15) is 18.3 Å². The van der Waals surface area contributed by atoms with Crippen LogP contribution in [0.15, 0.2) is 15.0 Å². The van der Waals surface area contributed by atoms with E-state index in [4.69, 9.17) is 9.84 Å². The van der Waals surface area contributed by atoms with Gasteiger partial charge < -0.3 is 14.9 Å². The summed E-state index contributed by atoms with van der Waals surface area (Å²) in [4.78, 5) is 25.5. The van der Waals surface area contributed by atoms with Gasteiger partial charge in [0, 0.05) is 6.42 Å². The first-order valence-corrected chi connectivity index (χ1v) is 7.22. The Morgan fingerprint density at radius 1 is 1.60 bits per heavy atom. The van der Waals surface area contributed by atoms with E-state index >= 15 is 0 Å². The monoisotopic (exact) mass is 301 g/mol. The number of hydrogen-bond acceptors (Lipinski definition) is 7. The average Bonchev–Trinajstić information content (AvgIpc) is 2.79. The Bertz CT molecular complexity index is 611. The van der Waals surface area contributed by atoms with Gasteiger partial charge in [0.2, 0.25) is 0 Å². The topological polar surface area (TPSA) is 117 Å². The lowest BCUT2D eigenvalue weighted by molar-refractivity contribution is -0.0507. The van der Waals surface area contributed by atoms with Gasteiger partial charge in [0.05, 0.1) is 12.7 Å². The number of aliphatic hydroxyl groups excluding tert-OH is 2. The quantitative estimate of drug-likeness (QED) is 0.646. The molecule has 1 saturated heterocycles. The fourth-order valence-corrected chi connectivity index (χ4v) is 2.16. The summed E-state index contributed by atoms with van der Waals surface area (Å²) >= 11 is 1.39. The van der Waals surface area contributed by atoms with E-state index in [0.717, 1.165) is 4.68 Å². The number of thioether (sulfide) groups is 1.